The number of benzene rings is 5. The minimum Gasteiger partial charge on any atom is -0.454 e. The molecule has 5 aromatic carbocycles. The summed E-state index contributed by atoms with van der Waals surface area (Å²) < 4.78 is 23.1. The number of nitrogens with zero attached hydrogens (tertiary/aromatic N) is 2. The van der Waals surface area contributed by atoms with Crippen LogP contribution in [0.1, 0.15) is 27.8 Å². The zero-order valence-electron chi connectivity index (χ0n) is 26.9. The van der Waals surface area contributed by atoms with Crippen molar-refractivity contribution in [3.05, 3.63) is 149 Å². The molecule has 5 aromatic rings. The topological polar surface area (TPSA) is 115 Å². The minimum atomic E-state index is -1.60. The molecule has 246 valence electrons. The standard InChI is InChI=1S/C42H26N2O7/c43-21-24-11-15-29(16-12-24)44-38(45)36-37(39(44)46)42(28-9-5-2-6-10-28)35(26-14-18-31-33(20-26)51-23-49-31)34(25-13-17-30-32(19-25)50-22-48-30)41(36,40(42)47)27-7-3-1-4-8-27/h1-20,36-37H,22-23H2/t36-,37-,41-,42-/m0/s1. The van der Waals surface area contributed by atoms with E-state index in [0.717, 1.165) is 0 Å². The normalized spacial score (nSPS) is 25.1. The average Bonchev–Trinajstić information content (AvgIpc) is 3.98. The van der Waals surface area contributed by atoms with E-state index in [1.807, 2.05) is 97.1 Å². The fourth-order valence-corrected chi connectivity index (χ4v) is 9.17. The Labute approximate surface area is 291 Å². The molecule has 0 spiro atoms. The summed E-state index contributed by atoms with van der Waals surface area (Å²) in [6.45, 7) is 0.113. The number of ether oxygens (including phenoxy) is 4. The second kappa shape index (κ2) is 10.4. The summed E-state index contributed by atoms with van der Waals surface area (Å²) in [4.78, 5) is 47.7. The van der Waals surface area contributed by atoms with Crippen LogP contribution in [0.4, 0.5) is 5.69 Å². The first kappa shape index (κ1) is 29.3. The Morgan fingerprint density at radius 2 is 1.02 bits per heavy atom. The number of carbonyl (C=O) groups is 3. The van der Waals surface area contributed by atoms with Crippen LogP contribution in [0.15, 0.2) is 121 Å². The van der Waals surface area contributed by atoms with Crippen LogP contribution < -0.4 is 23.8 Å². The van der Waals surface area contributed by atoms with E-state index in [-0.39, 0.29) is 19.4 Å². The average molecular weight is 671 g/mol. The third-order valence-corrected chi connectivity index (χ3v) is 11.0. The summed E-state index contributed by atoms with van der Waals surface area (Å²) in [7, 11) is 0. The lowest BCUT2D eigenvalue weighted by atomic mass is 9.59. The number of imide groups is 1. The van der Waals surface area contributed by atoms with Crippen molar-refractivity contribution >= 4 is 34.4 Å². The number of ketones is 1. The number of nitriles is 1. The maximum atomic E-state index is 16.2. The van der Waals surface area contributed by atoms with Crippen molar-refractivity contribution in [1.29, 1.82) is 5.26 Å². The molecule has 0 N–H and O–H groups in total. The third-order valence-electron chi connectivity index (χ3n) is 11.0. The quantitative estimate of drug-likeness (QED) is 0.203. The van der Waals surface area contributed by atoms with Gasteiger partial charge in [0.2, 0.25) is 25.4 Å². The van der Waals surface area contributed by atoms with Crippen LogP contribution in [0.2, 0.25) is 0 Å². The Morgan fingerprint density at radius 1 is 0.569 bits per heavy atom. The van der Waals surface area contributed by atoms with Crippen molar-refractivity contribution in [1.82, 2.24) is 0 Å². The van der Waals surface area contributed by atoms with Crippen LogP contribution >= 0.6 is 0 Å². The number of hydrogen-bond acceptors (Lipinski definition) is 8. The predicted octanol–water partition coefficient (Wildman–Crippen LogP) is 6.20. The SMILES string of the molecule is N#Cc1ccc(N2C(=O)[C@@H]3[C@@H](C2=O)[C@@]2(c4ccccc4)C(=O)[C@@]3(c3ccccc3)C(c3ccc4c(c3)OCO4)=C2c2ccc3c(c2)OCO3)cc1. The van der Waals surface area contributed by atoms with Gasteiger partial charge < -0.3 is 18.9 Å². The van der Waals surface area contributed by atoms with Crippen molar-refractivity contribution < 1.29 is 33.3 Å². The number of allylic oxidation sites excluding steroid dienone is 2. The highest BCUT2D eigenvalue weighted by Crippen LogP contribution is 2.74. The Bertz CT molecular complexity index is 2280. The first-order valence-corrected chi connectivity index (χ1v) is 16.6. The molecule has 2 fully saturated rings. The molecule has 51 heavy (non-hydrogen) atoms. The number of fused-ring (bicyclic) bond motifs is 7. The van der Waals surface area contributed by atoms with Crippen LogP contribution in [0.5, 0.6) is 23.0 Å². The molecule has 9 nitrogen and oxygen atoms in total. The predicted molar refractivity (Wildman–Crippen MR) is 184 cm³/mol. The Hall–Kier alpha value is -6.66. The molecule has 2 amide bonds. The van der Waals surface area contributed by atoms with Gasteiger partial charge in [-0.3, -0.25) is 14.4 Å². The molecule has 4 atom stereocenters. The molecule has 2 aliphatic carbocycles. The third kappa shape index (κ3) is 3.60. The second-order valence-corrected chi connectivity index (χ2v) is 13.2. The monoisotopic (exact) mass is 670 g/mol. The smallest absolute Gasteiger partial charge is 0.239 e. The molecule has 9 heteroatoms. The van der Waals surface area contributed by atoms with Crippen molar-refractivity contribution in [2.75, 3.05) is 18.5 Å². The molecule has 3 heterocycles. The largest absolute Gasteiger partial charge is 0.454 e. The fraction of sp³-hybridized carbons (Fsp3) is 0.143. The highest BCUT2D eigenvalue weighted by atomic mass is 16.7. The molecular weight excluding hydrogens is 644 g/mol. The summed E-state index contributed by atoms with van der Waals surface area (Å²) in [6.07, 6.45) is 0. The second-order valence-electron chi connectivity index (χ2n) is 13.2. The van der Waals surface area contributed by atoms with Gasteiger partial charge in [0, 0.05) is 0 Å². The van der Waals surface area contributed by atoms with Crippen LogP contribution in [0.25, 0.3) is 11.1 Å². The Kier molecular flexibility index (Phi) is 5.98. The van der Waals surface area contributed by atoms with Gasteiger partial charge >= 0.3 is 0 Å². The molecule has 0 aromatic heterocycles. The zero-order valence-corrected chi connectivity index (χ0v) is 26.9. The highest BCUT2D eigenvalue weighted by molar-refractivity contribution is 6.39. The van der Waals surface area contributed by atoms with Gasteiger partial charge in [0.15, 0.2) is 28.8 Å². The first-order valence-electron chi connectivity index (χ1n) is 16.6. The lowest BCUT2D eigenvalue weighted by molar-refractivity contribution is -0.130. The number of anilines is 1. The molecule has 0 unspecified atom stereocenters. The van der Waals surface area contributed by atoms with Gasteiger partial charge in [0.1, 0.15) is 0 Å². The van der Waals surface area contributed by atoms with Crippen molar-refractivity contribution in [3.8, 4) is 29.1 Å². The summed E-state index contributed by atoms with van der Waals surface area (Å²) in [5, 5.41) is 9.47. The van der Waals surface area contributed by atoms with Gasteiger partial charge in [-0.25, -0.2) is 4.90 Å². The fourth-order valence-electron chi connectivity index (χ4n) is 9.17. The number of hydrogen-bond donors (Lipinski definition) is 0. The zero-order chi connectivity index (χ0) is 34.5. The van der Waals surface area contributed by atoms with E-state index in [9.17, 15) is 5.26 Å². The number of amides is 2. The van der Waals surface area contributed by atoms with E-state index in [4.69, 9.17) is 18.9 Å². The van der Waals surface area contributed by atoms with Crippen molar-refractivity contribution in [2.24, 2.45) is 11.8 Å². The van der Waals surface area contributed by atoms with Crippen LogP contribution in [-0.4, -0.2) is 31.2 Å². The molecular formula is C42H26N2O7. The maximum absolute atomic E-state index is 16.2. The van der Waals surface area contributed by atoms with Gasteiger partial charge in [-0.1, -0.05) is 72.8 Å². The van der Waals surface area contributed by atoms with E-state index in [0.29, 0.717) is 67.6 Å². The van der Waals surface area contributed by atoms with E-state index in [1.54, 1.807) is 24.3 Å². The van der Waals surface area contributed by atoms with E-state index < -0.39 is 34.5 Å². The maximum Gasteiger partial charge on any atom is 0.239 e. The lowest BCUT2D eigenvalue weighted by Crippen LogP contribution is -2.45. The summed E-state index contributed by atoms with van der Waals surface area (Å²) >= 11 is 0. The Morgan fingerprint density at radius 3 is 1.47 bits per heavy atom. The molecule has 0 radical (unpaired) electrons. The Balaban J connectivity index is 1.36. The number of Topliss-reactive ketones (excluding diaryl/α,β-unsaturated/α-hetero) is 1. The summed E-state index contributed by atoms with van der Waals surface area (Å²) in [6, 6.07) is 38.2. The first-order chi connectivity index (χ1) is 25.0. The molecule has 1 saturated heterocycles. The lowest BCUT2D eigenvalue weighted by Gasteiger charge is -2.39. The van der Waals surface area contributed by atoms with Gasteiger partial charge in [-0.05, 0) is 81.9 Å². The van der Waals surface area contributed by atoms with Crippen LogP contribution in [-0.2, 0) is 25.2 Å². The van der Waals surface area contributed by atoms with Crippen LogP contribution in [0, 0.1) is 23.2 Å². The van der Waals surface area contributed by atoms with Gasteiger partial charge in [-0.15, -0.1) is 0 Å². The summed E-state index contributed by atoms with van der Waals surface area (Å²) in [5.74, 6) is -1.24. The molecule has 5 aliphatic rings. The molecule has 1 saturated carbocycles. The molecule has 2 bridgehead atoms. The van der Waals surface area contributed by atoms with E-state index >= 15 is 14.4 Å². The van der Waals surface area contributed by atoms with Crippen LogP contribution in [0.3, 0.4) is 0 Å². The van der Waals surface area contributed by atoms with E-state index in [2.05, 4.69) is 6.07 Å². The molecule has 10 rings (SSSR count). The number of carbonyl (C=O) groups excluding carboxylic acids is 3. The number of rotatable bonds is 5. The van der Waals surface area contributed by atoms with Crippen molar-refractivity contribution in [2.45, 2.75) is 10.8 Å². The van der Waals surface area contributed by atoms with Gasteiger partial charge in [-0.2, -0.15) is 5.26 Å². The molecule has 3 aliphatic heterocycles. The summed E-state index contributed by atoms with van der Waals surface area (Å²) in [5.41, 5.74) is 1.30. The minimum absolute atomic E-state index is 0.0564. The van der Waals surface area contributed by atoms with Gasteiger partial charge in [0.05, 0.1) is 40.0 Å². The van der Waals surface area contributed by atoms with Gasteiger partial charge in [0.25, 0.3) is 0 Å². The van der Waals surface area contributed by atoms with Crippen molar-refractivity contribution in [3.63, 3.8) is 0 Å². The highest BCUT2D eigenvalue weighted by Gasteiger charge is 2.82. The van der Waals surface area contributed by atoms with E-state index in [1.165, 1.54) is 4.90 Å².